The maximum absolute atomic E-state index is 10.8. The number of rotatable bonds is 6. The van der Waals surface area contributed by atoms with Gasteiger partial charge in [-0.15, -0.1) is 0 Å². The fraction of sp³-hybridized carbons (Fsp3) is 0.750. The van der Waals surface area contributed by atoms with E-state index in [4.69, 9.17) is 19.7 Å². The molecule has 0 bridgehead atoms. The topological polar surface area (TPSA) is 99.5 Å². The fourth-order valence-corrected chi connectivity index (χ4v) is 0.995. The van der Waals surface area contributed by atoms with Gasteiger partial charge in [-0.2, -0.15) is 0 Å². The van der Waals surface area contributed by atoms with Gasteiger partial charge in [0.05, 0.1) is 26.3 Å². The first kappa shape index (κ1) is 14.5. The molecule has 0 heterocycles. The highest BCUT2D eigenvalue weighted by Gasteiger charge is 2.24. The average Bonchev–Trinajstić information content (AvgIpc) is 2.21. The molecule has 2 amide bonds. The second-order valence-electron chi connectivity index (χ2n) is 2.80. The molecular weight excluding hydrogens is 220 g/mol. The predicted octanol–water partition coefficient (Wildman–Crippen LogP) is 0.154. The highest BCUT2D eigenvalue weighted by atomic mass is 16.5. The van der Waals surface area contributed by atoms with Crippen LogP contribution in [0, 0.1) is 0 Å². The van der Waals surface area contributed by atoms with Crippen LogP contribution in [0.2, 0.25) is 0 Å². The SMILES string of the molecule is COCCN(C(=O)O)N(CCOC)C(=O)O. The van der Waals surface area contributed by atoms with Gasteiger partial charge in [0, 0.05) is 14.2 Å². The maximum Gasteiger partial charge on any atom is 0.426 e. The molecule has 0 fully saturated rings. The molecule has 0 saturated heterocycles. The standard InChI is InChI=1S/C8H16N2O6/c1-15-5-3-9(7(11)12)10(8(13)14)4-6-16-2/h3-6H2,1-2H3,(H,11,12)(H,13,14). The van der Waals surface area contributed by atoms with Crippen molar-refractivity contribution in [1.29, 1.82) is 0 Å². The molecule has 94 valence electrons. The summed E-state index contributed by atoms with van der Waals surface area (Å²) in [5, 5.41) is 19.0. The summed E-state index contributed by atoms with van der Waals surface area (Å²) in [5.41, 5.74) is 0. The number of ether oxygens (including phenoxy) is 2. The van der Waals surface area contributed by atoms with Crippen molar-refractivity contribution in [1.82, 2.24) is 10.0 Å². The highest BCUT2D eigenvalue weighted by molar-refractivity contribution is 5.71. The quantitative estimate of drug-likeness (QED) is 0.637. The number of methoxy groups -OCH3 is 2. The van der Waals surface area contributed by atoms with Gasteiger partial charge in [-0.1, -0.05) is 0 Å². The van der Waals surface area contributed by atoms with E-state index in [9.17, 15) is 9.59 Å². The van der Waals surface area contributed by atoms with E-state index in [1.807, 2.05) is 0 Å². The number of hydrogen-bond acceptors (Lipinski definition) is 4. The van der Waals surface area contributed by atoms with Crippen molar-refractivity contribution in [3.8, 4) is 0 Å². The van der Waals surface area contributed by atoms with Crippen molar-refractivity contribution in [3.63, 3.8) is 0 Å². The average molecular weight is 236 g/mol. The second kappa shape index (κ2) is 7.71. The zero-order chi connectivity index (χ0) is 12.6. The summed E-state index contributed by atoms with van der Waals surface area (Å²) >= 11 is 0. The Morgan fingerprint density at radius 3 is 1.44 bits per heavy atom. The van der Waals surface area contributed by atoms with Gasteiger partial charge in [-0.3, -0.25) is 0 Å². The highest BCUT2D eigenvalue weighted by Crippen LogP contribution is 2.00. The fourth-order valence-electron chi connectivity index (χ4n) is 0.995. The van der Waals surface area contributed by atoms with Crippen LogP contribution in [0.15, 0.2) is 0 Å². The molecule has 8 heteroatoms. The minimum atomic E-state index is -1.35. The molecule has 0 unspecified atom stereocenters. The Balaban J connectivity index is 4.52. The summed E-state index contributed by atoms with van der Waals surface area (Å²) in [6.45, 7) is 0.121. The van der Waals surface area contributed by atoms with Gasteiger partial charge < -0.3 is 19.7 Å². The number of amides is 2. The minimum Gasteiger partial charge on any atom is -0.464 e. The molecule has 0 aromatic heterocycles. The van der Waals surface area contributed by atoms with Crippen molar-refractivity contribution in [2.75, 3.05) is 40.5 Å². The third kappa shape index (κ3) is 4.80. The van der Waals surface area contributed by atoms with Crippen LogP contribution in [-0.2, 0) is 9.47 Å². The van der Waals surface area contributed by atoms with E-state index in [-0.39, 0.29) is 26.3 Å². The van der Waals surface area contributed by atoms with Crippen LogP contribution in [0.1, 0.15) is 0 Å². The number of nitrogens with zero attached hydrogens (tertiary/aromatic N) is 2. The summed E-state index contributed by atoms with van der Waals surface area (Å²) in [7, 11) is 2.81. The summed E-state index contributed by atoms with van der Waals surface area (Å²) in [5.74, 6) is 0. The number of hydrogen-bond donors (Lipinski definition) is 2. The summed E-state index contributed by atoms with van der Waals surface area (Å²) in [4.78, 5) is 21.7. The maximum atomic E-state index is 10.8. The summed E-state index contributed by atoms with van der Waals surface area (Å²) < 4.78 is 9.40. The molecular formula is C8H16N2O6. The molecule has 0 radical (unpaired) electrons. The molecule has 0 aliphatic rings. The van der Waals surface area contributed by atoms with E-state index in [1.165, 1.54) is 14.2 Å². The molecule has 0 aliphatic carbocycles. The third-order valence-corrected chi connectivity index (χ3v) is 1.75. The number of hydrazine groups is 1. The van der Waals surface area contributed by atoms with E-state index >= 15 is 0 Å². The van der Waals surface area contributed by atoms with Crippen LogP contribution in [0.3, 0.4) is 0 Å². The molecule has 0 spiro atoms. The Kier molecular flexibility index (Phi) is 6.97. The molecule has 16 heavy (non-hydrogen) atoms. The Labute approximate surface area is 92.9 Å². The Morgan fingerprint density at radius 1 is 0.938 bits per heavy atom. The lowest BCUT2D eigenvalue weighted by Gasteiger charge is -2.29. The van der Waals surface area contributed by atoms with Crippen LogP contribution in [0.5, 0.6) is 0 Å². The molecule has 0 aliphatic heterocycles. The van der Waals surface area contributed by atoms with Crippen molar-refractivity contribution < 1.29 is 29.3 Å². The summed E-state index contributed by atoms with van der Waals surface area (Å²) in [6, 6.07) is 0. The van der Waals surface area contributed by atoms with Gasteiger partial charge in [-0.05, 0) is 0 Å². The first-order chi connectivity index (χ1) is 7.54. The van der Waals surface area contributed by atoms with Crippen molar-refractivity contribution >= 4 is 12.2 Å². The minimum absolute atomic E-state index is 0.0537. The van der Waals surface area contributed by atoms with Gasteiger partial charge in [0.1, 0.15) is 0 Å². The van der Waals surface area contributed by atoms with Gasteiger partial charge >= 0.3 is 12.2 Å². The largest absolute Gasteiger partial charge is 0.464 e. The lowest BCUT2D eigenvalue weighted by atomic mass is 10.6. The lowest BCUT2D eigenvalue weighted by molar-refractivity contribution is -0.0213. The first-order valence-corrected chi connectivity index (χ1v) is 4.53. The molecule has 8 nitrogen and oxygen atoms in total. The van der Waals surface area contributed by atoms with Crippen LogP contribution in [-0.4, -0.2) is 72.9 Å². The smallest absolute Gasteiger partial charge is 0.426 e. The van der Waals surface area contributed by atoms with Crippen LogP contribution in [0.25, 0.3) is 0 Å². The van der Waals surface area contributed by atoms with E-state index in [0.29, 0.717) is 10.0 Å². The third-order valence-electron chi connectivity index (χ3n) is 1.75. The Morgan fingerprint density at radius 2 is 1.25 bits per heavy atom. The van der Waals surface area contributed by atoms with E-state index < -0.39 is 12.2 Å². The van der Waals surface area contributed by atoms with Gasteiger partial charge in [0.25, 0.3) is 0 Å². The van der Waals surface area contributed by atoms with Gasteiger partial charge in [-0.25, -0.2) is 19.6 Å². The van der Waals surface area contributed by atoms with Crippen molar-refractivity contribution in [3.05, 3.63) is 0 Å². The zero-order valence-electron chi connectivity index (χ0n) is 9.25. The monoisotopic (exact) mass is 236 g/mol. The zero-order valence-corrected chi connectivity index (χ0v) is 9.25. The molecule has 0 rings (SSSR count). The summed E-state index contributed by atoms with van der Waals surface area (Å²) in [6.07, 6.45) is -2.70. The van der Waals surface area contributed by atoms with E-state index in [1.54, 1.807) is 0 Å². The van der Waals surface area contributed by atoms with E-state index in [2.05, 4.69) is 0 Å². The second-order valence-corrected chi connectivity index (χ2v) is 2.80. The molecule has 0 atom stereocenters. The predicted molar refractivity (Wildman–Crippen MR) is 53.2 cm³/mol. The van der Waals surface area contributed by atoms with Gasteiger partial charge in [0.15, 0.2) is 0 Å². The van der Waals surface area contributed by atoms with Gasteiger partial charge in [0.2, 0.25) is 0 Å². The molecule has 0 aromatic carbocycles. The molecule has 0 saturated carbocycles. The van der Waals surface area contributed by atoms with Crippen LogP contribution in [0.4, 0.5) is 9.59 Å². The van der Waals surface area contributed by atoms with Crippen molar-refractivity contribution in [2.45, 2.75) is 0 Å². The Hall–Kier alpha value is -1.54. The van der Waals surface area contributed by atoms with Crippen molar-refractivity contribution in [2.24, 2.45) is 0 Å². The molecule has 0 aromatic rings. The lowest BCUT2D eigenvalue weighted by Crippen LogP contribution is -2.51. The van der Waals surface area contributed by atoms with E-state index in [0.717, 1.165) is 0 Å². The first-order valence-electron chi connectivity index (χ1n) is 4.53. The Bertz CT molecular complexity index is 211. The van der Waals surface area contributed by atoms with Crippen LogP contribution >= 0.6 is 0 Å². The van der Waals surface area contributed by atoms with Crippen LogP contribution < -0.4 is 0 Å². The number of carbonyl (C=O) groups is 2. The normalized spacial score (nSPS) is 9.88. The molecule has 2 N–H and O–H groups in total. The number of carboxylic acid groups (broad SMARTS) is 2.